The molecule has 1 aromatic carbocycles. The molecule has 104 valence electrons. The van der Waals surface area contributed by atoms with E-state index in [1.54, 1.807) is 0 Å². The second-order valence-electron chi connectivity index (χ2n) is 2.82. The molecule has 0 saturated heterocycles. The number of halogens is 7. The third kappa shape index (κ3) is 4.97. The largest absolute Gasteiger partial charge is 0.416 e. The van der Waals surface area contributed by atoms with Crippen molar-refractivity contribution in [2.45, 2.75) is 31.1 Å². The summed E-state index contributed by atoms with van der Waals surface area (Å²) in [7, 11) is 5.45. The standard InChI is InChI=1S/C8H3ClF6S.C2H6/c9-16-6-2-4(7(10,11)12)1-5(3-6)8(13,14)15;1-2/h1-3H;1-2H3. The van der Waals surface area contributed by atoms with Gasteiger partial charge in [-0.1, -0.05) is 13.8 Å². The molecule has 0 heterocycles. The average molecular weight is 311 g/mol. The first kappa shape index (κ1) is 17.4. The summed E-state index contributed by atoms with van der Waals surface area (Å²) < 4.78 is 73.5. The maximum atomic E-state index is 12.3. The lowest BCUT2D eigenvalue weighted by Gasteiger charge is -2.12. The van der Waals surface area contributed by atoms with Gasteiger partial charge in [0.25, 0.3) is 0 Å². The van der Waals surface area contributed by atoms with Crippen LogP contribution in [0.5, 0.6) is 0 Å². The molecule has 0 aliphatic rings. The van der Waals surface area contributed by atoms with Gasteiger partial charge in [0.2, 0.25) is 0 Å². The first-order valence-corrected chi connectivity index (χ1v) is 6.37. The normalized spacial score (nSPS) is 11.8. The van der Waals surface area contributed by atoms with Crippen LogP contribution < -0.4 is 0 Å². The predicted molar refractivity (Wildman–Crippen MR) is 59.5 cm³/mol. The van der Waals surface area contributed by atoms with E-state index in [4.69, 9.17) is 10.7 Å². The maximum absolute atomic E-state index is 12.3. The lowest BCUT2D eigenvalue weighted by Crippen LogP contribution is -2.10. The van der Waals surface area contributed by atoms with Crippen LogP contribution in [0.4, 0.5) is 26.3 Å². The summed E-state index contributed by atoms with van der Waals surface area (Å²) in [4.78, 5) is -0.302. The minimum Gasteiger partial charge on any atom is -0.166 e. The van der Waals surface area contributed by atoms with E-state index < -0.39 is 23.5 Å². The van der Waals surface area contributed by atoms with Gasteiger partial charge in [-0.2, -0.15) is 26.3 Å². The van der Waals surface area contributed by atoms with Crippen molar-refractivity contribution in [1.82, 2.24) is 0 Å². The van der Waals surface area contributed by atoms with E-state index in [0.717, 1.165) is 0 Å². The molecule has 0 spiro atoms. The van der Waals surface area contributed by atoms with Crippen molar-refractivity contribution < 1.29 is 26.3 Å². The van der Waals surface area contributed by atoms with Crippen LogP contribution in [0, 0.1) is 0 Å². The molecule has 0 atom stereocenters. The molecule has 0 saturated carbocycles. The van der Waals surface area contributed by atoms with Crippen LogP contribution in [-0.4, -0.2) is 0 Å². The lowest BCUT2D eigenvalue weighted by atomic mass is 10.1. The molecule has 1 rings (SSSR count). The molecule has 0 nitrogen and oxygen atoms in total. The summed E-state index contributed by atoms with van der Waals surface area (Å²) in [6.07, 6.45) is -9.66. The highest BCUT2D eigenvalue weighted by atomic mass is 35.7. The van der Waals surface area contributed by atoms with E-state index in [0.29, 0.717) is 23.1 Å². The van der Waals surface area contributed by atoms with Gasteiger partial charge in [0.1, 0.15) is 0 Å². The zero-order valence-corrected chi connectivity index (χ0v) is 10.9. The monoisotopic (exact) mass is 310 g/mol. The van der Waals surface area contributed by atoms with E-state index in [1.165, 1.54) is 0 Å². The first-order valence-electron chi connectivity index (χ1n) is 4.72. The molecule has 0 bridgehead atoms. The number of benzene rings is 1. The molecular formula is C10H9ClF6S. The van der Waals surface area contributed by atoms with Crippen molar-refractivity contribution in [1.29, 1.82) is 0 Å². The number of alkyl halides is 6. The summed E-state index contributed by atoms with van der Waals surface area (Å²) in [5.41, 5.74) is -2.74. The van der Waals surface area contributed by atoms with Crippen molar-refractivity contribution in [3.8, 4) is 0 Å². The zero-order valence-electron chi connectivity index (χ0n) is 9.29. The Bertz CT molecular complexity index is 353. The minimum absolute atomic E-state index is 0.0522. The molecule has 0 fully saturated rings. The van der Waals surface area contributed by atoms with Crippen LogP contribution in [0.2, 0.25) is 0 Å². The summed E-state index contributed by atoms with van der Waals surface area (Å²) in [5, 5.41) is 0. The highest BCUT2D eigenvalue weighted by Crippen LogP contribution is 2.38. The van der Waals surface area contributed by atoms with Crippen LogP contribution in [-0.2, 0) is 12.4 Å². The molecule has 8 heteroatoms. The van der Waals surface area contributed by atoms with Gasteiger partial charge in [-0.15, -0.1) is 0 Å². The van der Waals surface area contributed by atoms with E-state index in [1.807, 2.05) is 13.8 Å². The van der Waals surface area contributed by atoms with Crippen LogP contribution in [0.25, 0.3) is 0 Å². The minimum atomic E-state index is -4.83. The summed E-state index contributed by atoms with van der Waals surface area (Å²) in [5.74, 6) is 0. The molecule has 0 aliphatic carbocycles. The Balaban J connectivity index is 0.00000137. The van der Waals surface area contributed by atoms with Crippen molar-refractivity contribution in [3.63, 3.8) is 0 Å². The fourth-order valence-corrected chi connectivity index (χ4v) is 1.58. The van der Waals surface area contributed by atoms with Gasteiger partial charge in [-0.05, 0) is 39.9 Å². The van der Waals surface area contributed by atoms with E-state index >= 15 is 0 Å². The van der Waals surface area contributed by atoms with Gasteiger partial charge in [-0.25, -0.2) is 0 Å². The number of hydrogen-bond acceptors (Lipinski definition) is 1. The summed E-state index contributed by atoms with van der Waals surface area (Å²) >= 11 is 0. The molecule has 1 aromatic rings. The fraction of sp³-hybridized carbons (Fsp3) is 0.400. The van der Waals surface area contributed by atoms with Gasteiger partial charge in [0.05, 0.1) is 11.1 Å². The quantitative estimate of drug-likeness (QED) is 0.573. The Kier molecular flexibility index (Phi) is 6.36. The molecule has 0 aromatic heterocycles. The van der Waals surface area contributed by atoms with Crippen LogP contribution >= 0.6 is 21.7 Å². The molecule has 18 heavy (non-hydrogen) atoms. The Morgan fingerprint density at radius 2 is 1.17 bits per heavy atom. The molecule has 0 aliphatic heterocycles. The third-order valence-corrected chi connectivity index (χ3v) is 2.60. The predicted octanol–water partition coefficient (Wildman–Crippen LogP) is 6.00. The Hall–Kier alpha value is -0.560. The molecule has 0 amide bonds. The zero-order chi connectivity index (χ0) is 14.6. The Morgan fingerprint density at radius 3 is 1.39 bits per heavy atom. The van der Waals surface area contributed by atoms with Crippen molar-refractivity contribution >= 4 is 21.7 Å². The van der Waals surface area contributed by atoms with Gasteiger partial charge >= 0.3 is 12.4 Å². The second-order valence-corrected chi connectivity index (χ2v) is 3.91. The van der Waals surface area contributed by atoms with E-state index in [-0.39, 0.29) is 11.0 Å². The Labute approximate surface area is 109 Å². The Morgan fingerprint density at radius 1 is 0.833 bits per heavy atom. The number of hydrogen-bond donors (Lipinski definition) is 0. The molecular weight excluding hydrogens is 302 g/mol. The summed E-state index contributed by atoms with van der Waals surface area (Å²) in [6, 6.07) is 1.18. The van der Waals surface area contributed by atoms with Crippen LogP contribution in [0.15, 0.2) is 23.1 Å². The van der Waals surface area contributed by atoms with Crippen molar-refractivity contribution in [2.75, 3.05) is 0 Å². The van der Waals surface area contributed by atoms with E-state index in [9.17, 15) is 26.3 Å². The van der Waals surface area contributed by atoms with Gasteiger partial charge < -0.3 is 0 Å². The molecule has 0 radical (unpaired) electrons. The maximum Gasteiger partial charge on any atom is 0.416 e. The molecule has 0 unspecified atom stereocenters. The lowest BCUT2D eigenvalue weighted by molar-refractivity contribution is -0.143. The van der Waals surface area contributed by atoms with Crippen molar-refractivity contribution in [3.05, 3.63) is 29.3 Å². The van der Waals surface area contributed by atoms with E-state index in [2.05, 4.69) is 0 Å². The molecule has 0 N–H and O–H groups in total. The highest BCUT2D eigenvalue weighted by molar-refractivity contribution is 8.21. The SMILES string of the molecule is CC.FC(F)(F)c1cc(SCl)cc(C(F)(F)F)c1. The van der Waals surface area contributed by atoms with Crippen LogP contribution in [0.3, 0.4) is 0 Å². The smallest absolute Gasteiger partial charge is 0.166 e. The topological polar surface area (TPSA) is 0 Å². The van der Waals surface area contributed by atoms with Gasteiger partial charge in [0, 0.05) is 4.90 Å². The number of rotatable bonds is 1. The summed E-state index contributed by atoms with van der Waals surface area (Å²) in [6.45, 7) is 4.00. The van der Waals surface area contributed by atoms with Crippen LogP contribution in [0.1, 0.15) is 25.0 Å². The fourth-order valence-electron chi connectivity index (χ4n) is 0.971. The first-order chi connectivity index (χ1) is 8.14. The third-order valence-electron chi connectivity index (χ3n) is 1.65. The average Bonchev–Trinajstić information content (AvgIpc) is 2.29. The van der Waals surface area contributed by atoms with Crippen molar-refractivity contribution in [2.24, 2.45) is 0 Å². The van der Waals surface area contributed by atoms with Gasteiger partial charge in [-0.3, -0.25) is 0 Å². The second kappa shape index (κ2) is 6.56. The highest BCUT2D eigenvalue weighted by Gasteiger charge is 2.36. The van der Waals surface area contributed by atoms with Gasteiger partial charge in [0.15, 0.2) is 0 Å².